The van der Waals surface area contributed by atoms with Gasteiger partial charge in [0.15, 0.2) is 0 Å². The van der Waals surface area contributed by atoms with Gasteiger partial charge in [-0.3, -0.25) is 4.90 Å². The Morgan fingerprint density at radius 1 is 1.60 bits per heavy atom. The number of hydrogen-bond donors (Lipinski definition) is 1. The van der Waals surface area contributed by atoms with Crippen molar-refractivity contribution < 1.29 is 8.78 Å². The Hall–Kier alpha value is -0.220. The van der Waals surface area contributed by atoms with Crippen LogP contribution in [0.5, 0.6) is 0 Å². The first-order chi connectivity index (χ1) is 4.49. The lowest BCUT2D eigenvalue weighted by Crippen LogP contribution is -2.65. The summed E-state index contributed by atoms with van der Waals surface area (Å²) in [5.74, 6) is 0. The lowest BCUT2D eigenvalue weighted by atomic mass is 9.94. The van der Waals surface area contributed by atoms with Gasteiger partial charge in [0, 0.05) is 18.6 Å². The molecule has 0 bridgehead atoms. The van der Waals surface area contributed by atoms with Crippen LogP contribution >= 0.6 is 0 Å². The lowest BCUT2D eigenvalue weighted by molar-refractivity contribution is 0.0175. The molecule has 2 nitrogen and oxygen atoms in total. The van der Waals surface area contributed by atoms with Crippen molar-refractivity contribution in [3.05, 3.63) is 0 Å². The molecule has 0 atom stereocenters. The summed E-state index contributed by atoms with van der Waals surface area (Å²) in [6, 6.07) is 0. The van der Waals surface area contributed by atoms with Crippen LogP contribution in [0.2, 0.25) is 0 Å². The second-order valence-corrected chi connectivity index (χ2v) is 3.21. The molecule has 0 aromatic heterocycles. The maximum atomic E-state index is 11.7. The van der Waals surface area contributed by atoms with E-state index < -0.39 is 6.43 Å². The van der Waals surface area contributed by atoms with Crippen LogP contribution in [0.15, 0.2) is 0 Å². The van der Waals surface area contributed by atoms with Crippen LogP contribution in [0.25, 0.3) is 0 Å². The summed E-state index contributed by atoms with van der Waals surface area (Å²) in [7, 11) is 0. The second kappa shape index (κ2) is 2.43. The normalized spacial score (nSPS) is 24.9. The summed E-state index contributed by atoms with van der Waals surface area (Å²) < 4.78 is 23.4. The molecule has 2 N–H and O–H groups in total. The van der Waals surface area contributed by atoms with E-state index in [0.29, 0.717) is 13.1 Å². The average molecular weight is 150 g/mol. The van der Waals surface area contributed by atoms with Crippen LogP contribution in [0.3, 0.4) is 0 Å². The molecule has 1 aliphatic heterocycles. The molecule has 0 amide bonds. The van der Waals surface area contributed by atoms with E-state index >= 15 is 0 Å². The molecule has 1 heterocycles. The fraction of sp³-hybridized carbons (Fsp3) is 1.00. The van der Waals surface area contributed by atoms with Crippen LogP contribution in [0.4, 0.5) is 8.78 Å². The topological polar surface area (TPSA) is 29.3 Å². The third-order valence-electron chi connectivity index (χ3n) is 1.57. The minimum Gasteiger partial charge on any atom is -0.323 e. The number of alkyl halides is 2. The van der Waals surface area contributed by atoms with Gasteiger partial charge in [0.25, 0.3) is 6.43 Å². The van der Waals surface area contributed by atoms with Crippen molar-refractivity contribution in [1.82, 2.24) is 4.90 Å². The van der Waals surface area contributed by atoms with Gasteiger partial charge < -0.3 is 5.73 Å². The number of nitrogens with zero attached hydrogens (tertiary/aromatic N) is 1. The molecule has 60 valence electrons. The van der Waals surface area contributed by atoms with Gasteiger partial charge in [0.1, 0.15) is 0 Å². The smallest absolute Gasteiger partial charge is 0.251 e. The summed E-state index contributed by atoms with van der Waals surface area (Å²) in [4.78, 5) is 1.66. The van der Waals surface area contributed by atoms with Crippen molar-refractivity contribution in [2.75, 3.05) is 19.6 Å². The first kappa shape index (κ1) is 7.88. The Balaban J connectivity index is 2.15. The van der Waals surface area contributed by atoms with Gasteiger partial charge in [0.2, 0.25) is 0 Å². The van der Waals surface area contributed by atoms with Gasteiger partial charge in [-0.1, -0.05) is 0 Å². The Labute approximate surface area is 59.0 Å². The van der Waals surface area contributed by atoms with Crippen molar-refractivity contribution in [2.45, 2.75) is 18.9 Å². The highest BCUT2D eigenvalue weighted by atomic mass is 19.3. The first-order valence-electron chi connectivity index (χ1n) is 3.29. The fourth-order valence-corrected chi connectivity index (χ4v) is 1.30. The maximum absolute atomic E-state index is 11.7. The molecular formula is C6H12F2N2. The maximum Gasteiger partial charge on any atom is 0.251 e. The van der Waals surface area contributed by atoms with Gasteiger partial charge >= 0.3 is 0 Å². The summed E-state index contributed by atoms with van der Waals surface area (Å²) in [5, 5.41) is 0. The molecule has 0 unspecified atom stereocenters. The van der Waals surface area contributed by atoms with Crippen LogP contribution in [0.1, 0.15) is 6.92 Å². The number of halogens is 2. The van der Waals surface area contributed by atoms with Crippen LogP contribution in [-0.4, -0.2) is 36.5 Å². The SMILES string of the molecule is CC1(N)CN(CC(F)F)C1. The predicted molar refractivity (Wildman–Crippen MR) is 35.0 cm³/mol. The van der Waals surface area contributed by atoms with Gasteiger partial charge in [-0.25, -0.2) is 8.78 Å². The molecule has 1 fully saturated rings. The number of hydrogen-bond acceptors (Lipinski definition) is 2. The monoisotopic (exact) mass is 150 g/mol. The molecule has 1 saturated heterocycles. The largest absolute Gasteiger partial charge is 0.323 e. The highest BCUT2D eigenvalue weighted by Crippen LogP contribution is 2.17. The zero-order valence-corrected chi connectivity index (χ0v) is 5.98. The van der Waals surface area contributed by atoms with Crippen molar-refractivity contribution in [2.24, 2.45) is 5.73 Å². The lowest BCUT2D eigenvalue weighted by Gasteiger charge is -2.45. The minimum atomic E-state index is -2.23. The van der Waals surface area contributed by atoms with E-state index in [4.69, 9.17) is 5.73 Å². The van der Waals surface area contributed by atoms with E-state index in [1.165, 1.54) is 0 Å². The minimum absolute atomic E-state index is 0.132. The first-order valence-corrected chi connectivity index (χ1v) is 3.29. The number of likely N-dealkylation sites (tertiary alicyclic amines) is 1. The third kappa shape index (κ3) is 1.88. The zero-order valence-electron chi connectivity index (χ0n) is 5.98. The van der Waals surface area contributed by atoms with Crippen molar-refractivity contribution in [1.29, 1.82) is 0 Å². The van der Waals surface area contributed by atoms with E-state index in [2.05, 4.69) is 0 Å². The van der Waals surface area contributed by atoms with E-state index in [9.17, 15) is 8.78 Å². The van der Waals surface area contributed by atoms with Crippen LogP contribution < -0.4 is 5.73 Å². The molecule has 1 rings (SSSR count). The Morgan fingerprint density at radius 3 is 2.40 bits per heavy atom. The fourth-order valence-electron chi connectivity index (χ4n) is 1.30. The van der Waals surface area contributed by atoms with Crippen molar-refractivity contribution in [3.8, 4) is 0 Å². The molecule has 0 radical (unpaired) electrons. The number of rotatable bonds is 2. The summed E-state index contributed by atoms with van der Waals surface area (Å²) in [5.41, 5.74) is 5.37. The van der Waals surface area contributed by atoms with E-state index in [0.717, 1.165) is 0 Å². The Bertz CT molecular complexity index is 114. The Kier molecular flexibility index (Phi) is 1.92. The summed E-state index contributed by atoms with van der Waals surface area (Å²) in [6.45, 7) is 2.93. The van der Waals surface area contributed by atoms with Crippen molar-refractivity contribution in [3.63, 3.8) is 0 Å². The number of nitrogens with two attached hydrogens (primary N) is 1. The molecule has 1 aliphatic rings. The predicted octanol–water partition coefficient (Wildman–Crippen LogP) is 0.284. The average Bonchev–Trinajstić information content (AvgIpc) is 1.57. The molecule has 0 aliphatic carbocycles. The van der Waals surface area contributed by atoms with E-state index in [1.807, 2.05) is 6.92 Å². The van der Waals surface area contributed by atoms with Gasteiger partial charge in [0.05, 0.1) is 6.54 Å². The summed E-state index contributed by atoms with van der Waals surface area (Å²) in [6.07, 6.45) is -2.23. The molecule has 0 aromatic rings. The molecule has 0 saturated carbocycles. The van der Waals surface area contributed by atoms with Gasteiger partial charge in [-0.2, -0.15) is 0 Å². The standard InChI is InChI=1S/C6H12F2N2/c1-6(9)3-10(4-6)2-5(7)8/h5H,2-4,9H2,1H3. The van der Waals surface area contributed by atoms with E-state index in [1.54, 1.807) is 4.90 Å². The third-order valence-corrected chi connectivity index (χ3v) is 1.57. The quantitative estimate of drug-likeness (QED) is 0.612. The van der Waals surface area contributed by atoms with Crippen molar-refractivity contribution >= 4 is 0 Å². The highest BCUT2D eigenvalue weighted by Gasteiger charge is 2.35. The van der Waals surface area contributed by atoms with E-state index in [-0.39, 0.29) is 12.1 Å². The highest BCUT2D eigenvalue weighted by molar-refractivity contribution is 4.95. The Morgan fingerprint density at radius 2 is 2.10 bits per heavy atom. The van der Waals surface area contributed by atoms with Gasteiger partial charge in [-0.15, -0.1) is 0 Å². The molecule has 0 spiro atoms. The van der Waals surface area contributed by atoms with Crippen LogP contribution in [0, 0.1) is 0 Å². The zero-order chi connectivity index (χ0) is 7.78. The molecule has 0 aromatic carbocycles. The van der Waals surface area contributed by atoms with Crippen LogP contribution in [-0.2, 0) is 0 Å². The van der Waals surface area contributed by atoms with Gasteiger partial charge in [-0.05, 0) is 6.92 Å². The molecule has 10 heavy (non-hydrogen) atoms. The second-order valence-electron chi connectivity index (χ2n) is 3.21. The molecular weight excluding hydrogens is 138 g/mol. The molecule has 4 heteroatoms. The summed E-state index contributed by atoms with van der Waals surface area (Å²) >= 11 is 0.